The van der Waals surface area contributed by atoms with Gasteiger partial charge in [-0.2, -0.15) is 0 Å². The Hall–Kier alpha value is -1.46. The van der Waals surface area contributed by atoms with Gasteiger partial charge in [0.2, 0.25) is 5.91 Å². The van der Waals surface area contributed by atoms with E-state index < -0.39 is 5.54 Å². The van der Waals surface area contributed by atoms with Gasteiger partial charge in [-0.1, -0.05) is 13.8 Å². The molecule has 0 aliphatic carbocycles. The summed E-state index contributed by atoms with van der Waals surface area (Å²) in [5.41, 5.74) is 6.45. The van der Waals surface area contributed by atoms with Gasteiger partial charge in [-0.3, -0.25) is 4.79 Å². The Kier molecular flexibility index (Phi) is 6.71. The van der Waals surface area contributed by atoms with Crippen molar-refractivity contribution in [2.75, 3.05) is 20.3 Å². The lowest BCUT2D eigenvalue weighted by Crippen LogP contribution is -2.57. The van der Waals surface area contributed by atoms with Crippen molar-refractivity contribution in [3.63, 3.8) is 0 Å². The summed E-state index contributed by atoms with van der Waals surface area (Å²) in [4.78, 5) is 12.6. The molecule has 0 aromatic heterocycles. The molecule has 130 valence electrons. The predicted molar refractivity (Wildman–Crippen MR) is 93.4 cm³/mol. The third kappa shape index (κ3) is 4.30. The lowest BCUT2D eigenvalue weighted by molar-refractivity contribution is -0.128. The van der Waals surface area contributed by atoms with Crippen LogP contribution >= 0.6 is 12.4 Å². The standard InChI is InChI=1S/C17H26N2O3.ClH/c1-11(2)17(3,10-18)19-16(20)13-7-12-8-14(21-4)5-6-15(12)22-9-13;/h5-6,8,11,13H,7,9-10,18H2,1-4H3,(H,19,20);1H. The summed E-state index contributed by atoms with van der Waals surface area (Å²) >= 11 is 0. The third-order valence-corrected chi connectivity index (χ3v) is 4.65. The summed E-state index contributed by atoms with van der Waals surface area (Å²) in [6.07, 6.45) is 0.650. The number of hydrogen-bond acceptors (Lipinski definition) is 4. The van der Waals surface area contributed by atoms with Gasteiger partial charge in [0, 0.05) is 6.54 Å². The Balaban J connectivity index is 0.00000264. The largest absolute Gasteiger partial charge is 0.497 e. The minimum atomic E-state index is -0.397. The van der Waals surface area contributed by atoms with Crippen molar-refractivity contribution < 1.29 is 14.3 Å². The number of methoxy groups -OCH3 is 1. The number of hydrogen-bond donors (Lipinski definition) is 2. The summed E-state index contributed by atoms with van der Waals surface area (Å²) in [5.74, 6) is 1.66. The molecule has 23 heavy (non-hydrogen) atoms. The topological polar surface area (TPSA) is 73.6 Å². The van der Waals surface area contributed by atoms with E-state index in [1.807, 2.05) is 25.1 Å². The van der Waals surface area contributed by atoms with E-state index in [4.69, 9.17) is 15.2 Å². The molecule has 1 aliphatic heterocycles. The fourth-order valence-electron chi connectivity index (χ4n) is 2.48. The molecule has 2 atom stereocenters. The average Bonchev–Trinajstić information content (AvgIpc) is 2.53. The van der Waals surface area contributed by atoms with Crippen molar-refractivity contribution >= 4 is 18.3 Å². The first-order valence-electron chi connectivity index (χ1n) is 7.71. The van der Waals surface area contributed by atoms with Crippen molar-refractivity contribution in [2.45, 2.75) is 32.7 Å². The molecule has 0 radical (unpaired) electrons. The van der Waals surface area contributed by atoms with Crippen LogP contribution in [0.3, 0.4) is 0 Å². The molecule has 2 rings (SSSR count). The van der Waals surface area contributed by atoms with E-state index >= 15 is 0 Å². The van der Waals surface area contributed by atoms with Crippen LogP contribution in [0.4, 0.5) is 0 Å². The molecule has 3 N–H and O–H groups in total. The van der Waals surface area contributed by atoms with Crippen LogP contribution in [-0.4, -0.2) is 31.7 Å². The van der Waals surface area contributed by atoms with Crippen LogP contribution in [0.1, 0.15) is 26.3 Å². The number of carbonyl (C=O) groups is 1. The predicted octanol–water partition coefficient (Wildman–Crippen LogP) is 2.16. The Bertz CT molecular complexity index is 551. The van der Waals surface area contributed by atoms with Crippen molar-refractivity contribution in [1.29, 1.82) is 0 Å². The fraction of sp³-hybridized carbons (Fsp3) is 0.588. The normalized spacial score (nSPS) is 19.0. The first-order chi connectivity index (χ1) is 10.4. The maximum absolute atomic E-state index is 12.6. The van der Waals surface area contributed by atoms with Gasteiger partial charge < -0.3 is 20.5 Å². The molecule has 6 heteroatoms. The molecule has 0 saturated heterocycles. The van der Waals surface area contributed by atoms with Crippen molar-refractivity contribution in [2.24, 2.45) is 17.6 Å². The van der Waals surface area contributed by atoms with E-state index in [0.717, 1.165) is 17.1 Å². The fourth-order valence-corrected chi connectivity index (χ4v) is 2.48. The molecule has 5 nitrogen and oxygen atoms in total. The summed E-state index contributed by atoms with van der Waals surface area (Å²) in [7, 11) is 1.63. The smallest absolute Gasteiger partial charge is 0.227 e. The summed E-state index contributed by atoms with van der Waals surface area (Å²) in [5, 5.41) is 3.10. The molecule has 0 saturated carbocycles. The highest BCUT2D eigenvalue weighted by molar-refractivity contribution is 5.85. The lowest BCUT2D eigenvalue weighted by atomic mass is 9.87. The number of amides is 1. The second kappa shape index (κ2) is 7.88. The number of fused-ring (bicyclic) bond motifs is 1. The second-order valence-corrected chi connectivity index (χ2v) is 6.45. The van der Waals surface area contributed by atoms with Crippen LogP contribution in [-0.2, 0) is 11.2 Å². The highest BCUT2D eigenvalue weighted by Gasteiger charge is 2.33. The third-order valence-electron chi connectivity index (χ3n) is 4.65. The van der Waals surface area contributed by atoms with Crippen LogP contribution in [0.25, 0.3) is 0 Å². The molecule has 1 aromatic rings. The molecule has 0 bridgehead atoms. The molecule has 1 amide bonds. The summed E-state index contributed by atoms with van der Waals surface area (Å²) < 4.78 is 11.0. The summed E-state index contributed by atoms with van der Waals surface area (Å²) in [6.45, 7) is 6.91. The minimum Gasteiger partial charge on any atom is -0.497 e. The van der Waals surface area contributed by atoms with E-state index in [0.29, 0.717) is 19.6 Å². The van der Waals surface area contributed by atoms with Gasteiger partial charge in [-0.25, -0.2) is 0 Å². The van der Waals surface area contributed by atoms with Crippen LogP contribution in [0.2, 0.25) is 0 Å². The van der Waals surface area contributed by atoms with Gasteiger partial charge in [-0.05, 0) is 43.0 Å². The monoisotopic (exact) mass is 342 g/mol. The molecular weight excluding hydrogens is 316 g/mol. The van der Waals surface area contributed by atoms with Gasteiger partial charge in [0.1, 0.15) is 18.1 Å². The van der Waals surface area contributed by atoms with Crippen molar-refractivity contribution in [1.82, 2.24) is 5.32 Å². The molecular formula is C17H27ClN2O3. The lowest BCUT2D eigenvalue weighted by Gasteiger charge is -2.35. The maximum Gasteiger partial charge on any atom is 0.227 e. The number of nitrogens with two attached hydrogens (primary N) is 1. The van der Waals surface area contributed by atoms with Crippen LogP contribution in [0.15, 0.2) is 18.2 Å². The molecule has 1 heterocycles. The zero-order valence-electron chi connectivity index (χ0n) is 14.2. The molecule has 1 aliphatic rings. The summed E-state index contributed by atoms with van der Waals surface area (Å²) in [6, 6.07) is 5.68. The first kappa shape index (κ1) is 19.6. The van der Waals surface area contributed by atoms with E-state index in [1.54, 1.807) is 7.11 Å². The van der Waals surface area contributed by atoms with Crippen molar-refractivity contribution in [3.8, 4) is 11.5 Å². The van der Waals surface area contributed by atoms with E-state index in [9.17, 15) is 4.79 Å². The Labute approximate surface area is 144 Å². The van der Waals surface area contributed by atoms with Gasteiger partial charge in [0.05, 0.1) is 18.6 Å². The average molecular weight is 343 g/mol. The first-order valence-corrected chi connectivity index (χ1v) is 7.71. The van der Waals surface area contributed by atoms with E-state index in [-0.39, 0.29) is 30.2 Å². The van der Waals surface area contributed by atoms with Crippen LogP contribution in [0.5, 0.6) is 11.5 Å². The van der Waals surface area contributed by atoms with Gasteiger partial charge in [-0.15, -0.1) is 12.4 Å². The number of halogens is 1. The molecule has 0 fully saturated rings. The van der Waals surface area contributed by atoms with Gasteiger partial charge >= 0.3 is 0 Å². The second-order valence-electron chi connectivity index (χ2n) is 6.45. The molecule has 0 spiro atoms. The number of ether oxygens (including phenoxy) is 2. The zero-order chi connectivity index (χ0) is 16.3. The van der Waals surface area contributed by atoms with Crippen LogP contribution in [0, 0.1) is 11.8 Å². The number of nitrogens with one attached hydrogen (secondary N) is 1. The number of benzene rings is 1. The highest BCUT2D eigenvalue weighted by atomic mass is 35.5. The Morgan fingerprint density at radius 2 is 2.22 bits per heavy atom. The zero-order valence-corrected chi connectivity index (χ0v) is 15.0. The van der Waals surface area contributed by atoms with E-state index in [2.05, 4.69) is 19.2 Å². The molecule has 1 aromatic carbocycles. The Morgan fingerprint density at radius 1 is 1.52 bits per heavy atom. The highest BCUT2D eigenvalue weighted by Crippen LogP contribution is 2.31. The quantitative estimate of drug-likeness (QED) is 0.860. The number of rotatable bonds is 5. The Morgan fingerprint density at radius 3 is 2.78 bits per heavy atom. The minimum absolute atomic E-state index is 0. The van der Waals surface area contributed by atoms with Gasteiger partial charge in [0.25, 0.3) is 0 Å². The van der Waals surface area contributed by atoms with Crippen molar-refractivity contribution in [3.05, 3.63) is 23.8 Å². The van der Waals surface area contributed by atoms with Crippen LogP contribution < -0.4 is 20.5 Å². The maximum atomic E-state index is 12.6. The van der Waals surface area contributed by atoms with Gasteiger partial charge in [0.15, 0.2) is 0 Å². The number of carbonyl (C=O) groups excluding carboxylic acids is 1. The SMILES string of the molecule is COc1ccc2c(c1)CC(C(=O)NC(C)(CN)C(C)C)CO2.Cl. The molecule has 2 unspecified atom stereocenters. The van der Waals surface area contributed by atoms with E-state index in [1.165, 1.54) is 0 Å².